The summed E-state index contributed by atoms with van der Waals surface area (Å²) in [5.41, 5.74) is 0.250. The fraction of sp³-hybridized carbons (Fsp3) is 0. The summed E-state index contributed by atoms with van der Waals surface area (Å²) in [6.45, 7) is 0. The lowest BCUT2D eigenvalue weighted by Crippen LogP contribution is -1.75. The van der Waals surface area contributed by atoms with Gasteiger partial charge in [0.1, 0.15) is 5.82 Å². The normalized spacial score (nSPS) is 8.91. The van der Waals surface area contributed by atoms with Crippen LogP contribution in [0.3, 0.4) is 0 Å². The SMILES string of the molecule is O=C=Nc1cccc(F)c1Br. The summed E-state index contributed by atoms with van der Waals surface area (Å²) in [6.07, 6.45) is 1.33. The first-order chi connectivity index (χ1) is 5.25. The number of hydrogen-bond acceptors (Lipinski definition) is 2. The number of rotatable bonds is 1. The van der Waals surface area contributed by atoms with Crippen molar-refractivity contribution >= 4 is 27.7 Å². The van der Waals surface area contributed by atoms with Crippen molar-refractivity contribution in [2.45, 2.75) is 0 Å². The van der Waals surface area contributed by atoms with Gasteiger partial charge in [-0.15, -0.1) is 0 Å². The Hall–Kier alpha value is -0.990. The van der Waals surface area contributed by atoms with E-state index in [0.29, 0.717) is 0 Å². The van der Waals surface area contributed by atoms with Gasteiger partial charge in [-0.2, -0.15) is 4.99 Å². The predicted molar refractivity (Wildman–Crippen MR) is 41.9 cm³/mol. The molecule has 0 fully saturated rings. The minimum Gasteiger partial charge on any atom is -0.211 e. The molecular weight excluding hydrogens is 213 g/mol. The number of carbonyl (C=O) groups excluding carboxylic acids is 1. The minimum atomic E-state index is -0.443. The van der Waals surface area contributed by atoms with E-state index in [1.54, 1.807) is 0 Å². The van der Waals surface area contributed by atoms with Crippen LogP contribution in [0.25, 0.3) is 0 Å². The Kier molecular flexibility index (Phi) is 2.52. The number of halogens is 2. The molecule has 1 rings (SSSR count). The number of nitrogens with zero attached hydrogens (tertiary/aromatic N) is 1. The van der Waals surface area contributed by atoms with E-state index in [4.69, 9.17) is 0 Å². The van der Waals surface area contributed by atoms with E-state index in [1.807, 2.05) is 0 Å². The molecule has 0 radical (unpaired) electrons. The van der Waals surface area contributed by atoms with Gasteiger partial charge in [0.15, 0.2) is 0 Å². The van der Waals surface area contributed by atoms with Crippen LogP contribution in [0, 0.1) is 5.82 Å². The van der Waals surface area contributed by atoms with Gasteiger partial charge in [0.05, 0.1) is 10.2 Å². The van der Waals surface area contributed by atoms with Crippen LogP contribution in [0.4, 0.5) is 10.1 Å². The van der Waals surface area contributed by atoms with Crippen LogP contribution in [-0.2, 0) is 4.79 Å². The molecule has 0 aromatic heterocycles. The molecule has 0 spiro atoms. The first-order valence-corrected chi connectivity index (χ1v) is 3.57. The average Bonchev–Trinajstić information content (AvgIpc) is 1.99. The van der Waals surface area contributed by atoms with E-state index in [-0.39, 0.29) is 10.2 Å². The monoisotopic (exact) mass is 215 g/mol. The molecule has 2 nitrogen and oxygen atoms in total. The van der Waals surface area contributed by atoms with Crippen molar-refractivity contribution in [3.63, 3.8) is 0 Å². The Labute approximate surface area is 70.9 Å². The van der Waals surface area contributed by atoms with E-state index in [1.165, 1.54) is 24.3 Å². The summed E-state index contributed by atoms with van der Waals surface area (Å²) < 4.78 is 12.8. The predicted octanol–water partition coefficient (Wildman–Crippen LogP) is 2.56. The first-order valence-electron chi connectivity index (χ1n) is 2.77. The maximum Gasteiger partial charge on any atom is 0.240 e. The molecule has 0 aliphatic rings. The minimum absolute atomic E-state index is 0.184. The third kappa shape index (κ3) is 1.73. The Balaban J connectivity index is 3.26. The summed E-state index contributed by atoms with van der Waals surface area (Å²) >= 11 is 2.93. The second-order valence-electron chi connectivity index (χ2n) is 1.78. The van der Waals surface area contributed by atoms with Crippen LogP contribution in [0.5, 0.6) is 0 Å². The molecule has 0 saturated heterocycles. The van der Waals surface area contributed by atoms with Crippen molar-refractivity contribution in [1.29, 1.82) is 0 Å². The first kappa shape index (κ1) is 8.11. The highest BCUT2D eigenvalue weighted by atomic mass is 79.9. The molecule has 0 atom stereocenters. The Morgan fingerprint density at radius 2 is 2.27 bits per heavy atom. The zero-order chi connectivity index (χ0) is 8.27. The number of isocyanates is 1. The number of hydrogen-bond donors (Lipinski definition) is 0. The maximum absolute atomic E-state index is 12.7. The van der Waals surface area contributed by atoms with Crippen LogP contribution in [0.2, 0.25) is 0 Å². The molecule has 4 heteroatoms. The lowest BCUT2D eigenvalue weighted by molar-refractivity contribution is 0.565. The molecule has 0 N–H and O–H groups in total. The van der Waals surface area contributed by atoms with Gasteiger partial charge >= 0.3 is 0 Å². The van der Waals surface area contributed by atoms with Crippen LogP contribution < -0.4 is 0 Å². The summed E-state index contributed by atoms with van der Waals surface area (Å²) in [6, 6.07) is 4.25. The molecule has 11 heavy (non-hydrogen) atoms. The Morgan fingerprint density at radius 1 is 1.55 bits per heavy atom. The molecule has 0 unspecified atom stereocenters. The van der Waals surface area contributed by atoms with Gasteiger partial charge in [-0.1, -0.05) is 6.07 Å². The van der Waals surface area contributed by atoms with Gasteiger partial charge in [-0.05, 0) is 28.1 Å². The summed E-state index contributed by atoms with van der Waals surface area (Å²) in [5, 5.41) is 0. The third-order valence-electron chi connectivity index (χ3n) is 1.10. The summed E-state index contributed by atoms with van der Waals surface area (Å²) in [5.74, 6) is -0.443. The van der Waals surface area contributed by atoms with E-state index < -0.39 is 5.82 Å². The lowest BCUT2D eigenvalue weighted by Gasteiger charge is -1.94. The Morgan fingerprint density at radius 3 is 2.91 bits per heavy atom. The van der Waals surface area contributed by atoms with Gasteiger partial charge < -0.3 is 0 Å². The third-order valence-corrected chi connectivity index (χ3v) is 1.88. The number of benzene rings is 1. The Bertz CT molecular complexity index is 320. The van der Waals surface area contributed by atoms with Gasteiger partial charge in [0.2, 0.25) is 6.08 Å². The second-order valence-corrected chi connectivity index (χ2v) is 2.57. The van der Waals surface area contributed by atoms with Crippen LogP contribution in [0.1, 0.15) is 0 Å². The zero-order valence-corrected chi connectivity index (χ0v) is 6.93. The second kappa shape index (κ2) is 3.42. The van der Waals surface area contributed by atoms with Crippen molar-refractivity contribution in [2.24, 2.45) is 4.99 Å². The molecular formula is C7H3BrFNO. The van der Waals surface area contributed by atoms with E-state index in [9.17, 15) is 9.18 Å². The molecule has 0 heterocycles. The molecule has 1 aromatic rings. The largest absolute Gasteiger partial charge is 0.240 e. The van der Waals surface area contributed by atoms with Crippen molar-refractivity contribution in [1.82, 2.24) is 0 Å². The highest BCUT2D eigenvalue weighted by Gasteiger charge is 2.02. The fourth-order valence-corrected chi connectivity index (χ4v) is 0.981. The zero-order valence-electron chi connectivity index (χ0n) is 5.34. The van der Waals surface area contributed by atoms with Gasteiger partial charge in [-0.25, -0.2) is 9.18 Å². The van der Waals surface area contributed by atoms with Crippen LogP contribution in [0.15, 0.2) is 27.7 Å². The van der Waals surface area contributed by atoms with E-state index in [2.05, 4.69) is 20.9 Å². The van der Waals surface area contributed by atoms with Crippen molar-refractivity contribution in [3.05, 3.63) is 28.5 Å². The van der Waals surface area contributed by atoms with Gasteiger partial charge in [0, 0.05) is 0 Å². The highest BCUT2D eigenvalue weighted by Crippen LogP contribution is 2.26. The van der Waals surface area contributed by atoms with Crippen molar-refractivity contribution in [3.8, 4) is 0 Å². The topological polar surface area (TPSA) is 29.4 Å². The van der Waals surface area contributed by atoms with Gasteiger partial charge in [-0.3, -0.25) is 0 Å². The van der Waals surface area contributed by atoms with E-state index in [0.717, 1.165) is 0 Å². The lowest BCUT2D eigenvalue weighted by atomic mass is 10.3. The van der Waals surface area contributed by atoms with Crippen molar-refractivity contribution < 1.29 is 9.18 Å². The van der Waals surface area contributed by atoms with E-state index >= 15 is 0 Å². The standard InChI is InChI=1S/C7H3BrFNO/c8-7-5(9)2-1-3-6(7)10-4-11/h1-3H. The van der Waals surface area contributed by atoms with Crippen molar-refractivity contribution in [2.75, 3.05) is 0 Å². The molecule has 0 bridgehead atoms. The van der Waals surface area contributed by atoms with Gasteiger partial charge in [0.25, 0.3) is 0 Å². The molecule has 1 aromatic carbocycles. The summed E-state index contributed by atoms with van der Waals surface area (Å²) in [4.78, 5) is 13.1. The quantitative estimate of drug-likeness (QED) is 0.523. The molecule has 0 amide bonds. The maximum atomic E-state index is 12.7. The molecule has 0 aliphatic carbocycles. The van der Waals surface area contributed by atoms with Crippen LogP contribution >= 0.6 is 15.9 Å². The smallest absolute Gasteiger partial charge is 0.211 e. The molecule has 0 saturated carbocycles. The summed E-state index contributed by atoms with van der Waals surface area (Å²) in [7, 11) is 0. The average molecular weight is 216 g/mol. The molecule has 0 aliphatic heterocycles. The fourth-order valence-electron chi connectivity index (χ4n) is 0.628. The van der Waals surface area contributed by atoms with Crippen LogP contribution in [-0.4, -0.2) is 6.08 Å². The highest BCUT2D eigenvalue weighted by molar-refractivity contribution is 9.10. The molecule has 56 valence electrons. The number of aliphatic imine (C=N–C) groups is 1.